The molecule has 0 unspecified atom stereocenters. The van der Waals surface area contributed by atoms with Crippen LogP contribution in [0.15, 0.2) is 48.7 Å². The van der Waals surface area contributed by atoms with Crippen LogP contribution in [0.4, 0.5) is 10.5 Å². The van der Waals surface area contributed by atoms with E-state index >= 15 is 0 Å². The van der Waals surface area contributed by atoms with Gasteiger partial charge in [-0.25, -0.2) is 4.79 Å². The first-order valence-electron chi connectivity index (χ1n) is 9.91. The van der Waals surface area contributed by atoms with Gasteiger partial charge in [-0.15, -0.1) is 0 Å². The fourth-order valence-electron chi connectivity index (χ4n) is 3.98. The summed E-state index contributed by atoms with van der Waals surface area (Å²) in [6.45, 7) is 0. The Morgan fingerprint density at radius 1 is 1.00 bits per heavy atom. The number of carbonyl (C=O) groups is 1. The second kappa shape index (κ2) is 8.49. The molecule has 1 aliphatic carbocycles. The number of carboxylic acid groups (broad SMARTS) is 1. The summed E-state index contributed by atoms with van der Waals surface area (Å²) in [5.41, 5.74) is 1.38. The summed E-state index contributed by atoms with van der Waals surface area (Å²) in [5, 5.41) is 10.5. The van der Waals surface area contributed by atoms with E-state index in [9.17, 15) is 9.90 Å². The van der Waals surface area contributed by atoms with E-state index < -0.39 is 6.09 Å². The number of amides is 1. The number of aromatic nitrogens is 1. The zero-order valence-corrected chi connectivity index (χ0v) is 17.0. The molecule has 1 heterocycles. The van der Waals surface area contributed by atoms with Gasteiger partial charge in [0, 0.05) is 29.4 Å². The number of nitrogens with zero attached hydrogens (tertiary/aromatic N) is 2. The lowest BCUT2D eigenvalue weighted by Gasteiger charge is -2.26. The third-order valence-electron chi connectivity index (χ3n) is 5.45. The van der Waals surface area contributed by atoms with Crippen molar-refractivity contribution >= 4 is 22.7 Å². The Labute approximate surface area is 174 Å². The molecule has 30 heavy (non-hydrogen) atoms. The fourth-order valence-corrected chi connectivity index (χ4v) is 3.98. The van der Waals surface area contributed by atoms with Crippen molar-refractivity contribution in [2.24, 2.45) is 0 Å². The normalized spacial score (nSPS) is 13.9. The average Bonchev–Trinajstić information content (AvgIpc) is 3.28. The number of benzene rings is 2. The third kappa shape index (κ3) is 3.83. The Hall–Kier alpha value is -3.48. The molecule has 7 nitrogen and oxygen atoms in total. The third-order valence-corrected chi connectivity index (χ3v) is 5.45. The van der Waals surface area contributed by atoms with Crippen LogP contribution in [0.2, 0.25) is 0 Å². The molecule has 1 saturated carbocycles. The minimum absolute atomic E-state index is 0.0425. The van der Waals surface area contributed by atoms with Gasteiger partial charge in [0.2, 0.25) is 0 Å². The average molecular weight is 408 g/mol. The first-order valence-corrected chi connectivity index (χ1v) is 9.91. The smallest absolute Gasteiger partial charge is 0.412 e. The van der Waals surface area contributed by atoms with E-state index in [-0.39, 0.29) is 6.04 Å². The van der Waals surface area contributed by atoms with Gasteiger partial charge < -0.3 is 19.3 Å². The lowest BCUT2D eigenvalue weighted by atomic mass is 10.1. The van der Waals surface area contributed by atoms with Crippen molar-refractivity contribution in [2.45, 2.75) is 31.7 Å². The Bertz CT molecular complexity index is 1050. The van der Waals surface area contributed by atoms with Crippen molar-refractivity contribution in [3.63, 3.8) is 0 Å². The number of methoxy groups -OCH3 is 2. The van der Waals surface area contributed by atoms with E-state index in [1.807, 2.05) is 6.07 Å². The first-order chi connectivity index (χ1) is 14.6. The van der Waals surface area contributed by atoms with E-state index in [4.69, 9.17) is 14.2 Å². The van der Waals surface area contributed by atoms with Gasteiger partial charge in [-0.2, -0.15) is 0 Å². The molecule has 1 amide bonds. The van der Waals surface area contributed by atoms with Crippen LogP contribution in [-0.2, 0) is 0 Å². The maximum Gasteiger partial charge on any atom is 0.412 e. The van der Waals surface area contributed by atoms with Crippen molar-refractivity contribution in [3.8, 4) is 23.0 Å². The summed E-state index contributed by atoms with van der Waals surface area (Å²) >= 11 is 0. The number of fused-ring (bicyclic) bond motifs is 1. The Morgan fingerprint density at radius 3 is 2.30 bits per heavy atom. The van der Waals surface area contributed by atoms with Crippen molar-refractivity contribution in [1.29, 1.82) is 0 Å². The van der Waals surface area contributed by atoms with Gasteiger partial charge in [0.25, 0.3) is 0 Å². The van der Waals surface area contributed by atoms with Crippen LogP contribution in [0.1, 0.15) is 25.7 Å². The van der Waals surface area contributed by atoms with Gasteiger partial charge in [0.15, 0.2) is 11.5 Å². The maximum absolute atomic E-state index is 11.8. The predicted molar refractivity (Wildman–Crippen MR) is 114 cm³/mol. The lowest BCUT2D eigenvalue weighted by molar-refractivity contribution is 0.199. The number of hydrogen-bond acceptors (Lipinski definition) is 5. The van der Waals surface area contributed by atoms with Crippen LogP contribution in [0.25, 0.3) is 10.9 Å². The van der Waals surface area contributed by atoms with Crippen molar-refractivity contribution in [1.82, 2.24) is 4.98 Å². The molecule has 1 N–H and O–H groups in total. The maximum atomic E-state index is 11.8. The van der Waals surface area contributed by atoms with Gasteiger partial charge in [-0.3, -0.25) is 9.88 Å². The van der Waals surface area contributed by atoms with Gasteiger partial charge in [0.1, 0.15) is 11.5 Å². The molecule has 1 aliphatic rings. The van der Waals surface area contributed by atoms with E-state index in [2.05, 4.69) is 4.98 Å². The second-order valence-corrected chi connectivity index (χ2v) is 7.22. The molecule has 0 radical (unpaired) electrons. The van der Waals surface area contributed by atoms with Gasteiger partial charge in [-0.1, -0.05) is 12.8 Å². The molecular weight excluding hydrogens is 384 g/mol. The topological polar surface area (TPSA) is 81.1 Å². The Kier molecular flexibility index (Phi) is 5.61. The zero-order valence-electron chi connectivity index (χ0n) is 17.0. The highest BCUT2D eigenvalue weighted by molar-refractivity contribution is 5.89. The molecule has 4 rings (SSSR count). The van der Waals surface area contributed by atoms with Crippen LogP contribution < -0.4 is 19.1 Å². The quantitative estimate of drug-likeness (QED) is 0.582. The van der Waals surface area contributed by atoms with Gasteiger partial charge in [0.05, 0.1) is 19.7 Å². The van der Waals surface area contributed by atoms with E-state index in [0.717, 1.165) is 36.6 Å². The highest BCUT2D eigenvalue weighted by atomic mass is 16.5. The molecule has 1 fully saturated rings. The van der Waals surface area contributed by atoms with E-state index in [1.54, 1.807) is 56.8 Å². The highest BCUT2D eigenvalue weighted by Gasteiger charge is 2.27. The number of hydrogen-bond donors (Lipinski definition) is 1. The highest BCUT2D eigenvalue weighted by Crippen LogP contribution is 2.37. The molecule has 2 aromatic carbocycles. The number of ether oxygens (including phenoxy) is 3. The van der Waals surface area contributed by atoms with Crippen LogP contribution in [-0.4, -0.2) is 36.4 Å². The van der Waals surface area contributed by atoms with Crippen LogP contribution in [0.3, 0.4) is 0 Å². The predicted octanol–water partition coefficient (Wildman–Crippen LogP) is 5.47. The summed E-state index contributed by atoms with van der Waals surface area (Å²) in [6, 6.07) is 12.6. The number of pyridine rings is 1. The summed E-state index contributed by atoms with van der Waals surface area (Å²) in [4.78, 5) is 17.6. The summed E-state index contributed by atoms with van der Waals surface area (Å²) in [6.07, 6.45) is 4.69. The minimum Gasteiger partial charge on any atom is -0.493 e. The van der Waals surface area contributed by atoms with Gasteiger partial charge >= 0.3 is 6.09 Å². The molecule has 156 valence electrons. The van der Waals surface area contributed by atoms with E-state index in [1.165, 1.54) is 4.90 Å². The Morgan fingerprint density at radius 2 is 1.67 bits per heavy atom. The fraction of sp³-hybridized carbons (Fsp3) is 0.304. The Balaban J connectivity index is 1.61. The molecule has 0 spiro atoms. The van der Waals surface area contributed by atoms with Crippen LogP contribution in [0.5, 0.6) is 23.0 Å². The second-order valence-electron chi connectivity index (χ2n) is 7.22. The molecule has 7 heteroatoms. The molecule has 0 aliphatic heterocycles. The summed E-state index contributed by atoms with van der Waals surface area (Å²) in [5.74, 6) is 2.42. The minimum atomic E-state index is -0.920. The van der Waals surface area contributed by atoms with Crippen molar-refractivity contribution < 1.29 is 24.1 Å². The summed E-state index contributed by atoms with van der Waals surface area (Å²) in [7, 11) is 3.16. The number of rotatable bonds is 6. The largest absolute Gasteiger partial charge is 0.493 e. The number of anilines is 1. The lowest BCUT2D eigenvalue weighted by Crippen LogP contribution is -2.37. The molecular formula is C23H24N2O5. The molecule has 0 atom stereocenters. The van der Waals surface area contributed by atoms with E-state index in [0.29, 0.717) is 28.7 Å². The molecule has 1 aromatic heterocycles. The monoisotopic (exact) mass is 408 g/mol. The van der Waals surface area contributed by atoms with Crippen molar-refractivity contribution in [3.05, 3.63) is 48.7 Å². The van der Waals surface area contributed by atoms with Crippen LogP contribution >= 0.6 is 0 Å². The standard InChI is InChI=1S/C23H24N2O5/c1-28-21-13-18-19(14-22(21)29-2)24-12-11-20(18)30-17-9-7-16(8-10-17)25(23(26)27)15-5-3-4-6-15/h7-15H,3-6H2,1-2H3,(H,26,27). The van der Waals surface area contributed by atoms with Crippen LogP contribution in [0, 0.1) is 0 Å². The molecule has 0 bridgehead atoms. The van der Waals surface area contributed by atoms with Crippen molar-refractivity contribution in [2.75, 3.05) is 19.1 Å². The molecule has 0 saturated heterocycles. The summed E-state index contributed by atoms with van der Waals surface area (Å²) < 4.78 is 16.8. The SMILES string of the molecule is COc1cc2nccc(Oc3ccc(N(C(=O)O)C4CCCC4)cc3)c2cc1OC. The van der Waals surface area contributed by atoms with Gasteiger partial charge in [-0.05, 0) is 49.2 Å². The molecule has 3 aromatic rings. The zero-order chi connectivity index (χ0) is 21.1. The first kappa shape index (κ1) is 19.8.